The van der Waals surface area contributed by atoms with Crippen molar-refractivity contribution >= 4 is 5.91 Å². The quantitative estimate of drug-likeness (QED) is 0.730. The van der Waals surface area contributed by atoms with Crippen LogP contribution in [0.1, 0.15) is 51.9 Å². The summed E-state index contributed by atoms with van der Waals surface area (Å²) in [4.78, 5) is 11.4. The molecule has 1 rings (SSSR count). The zero-order chi connectivity index (χ0) is 11.1. The smallest absolute Gasteiger partial charge is 0.220 e. The van der Waals surface area contributed by atoms with Gasteiger partial charge in [0.05, 0.1) is 0 Å². The van der Waals surface area contributed by atoms with Gasteiger partial charge in [-0.1, -0.05) is 26.2 Å². The molecule has 1 aliphatic rings. The predicted octanol–water partition coefficient (Wildman–Crippen LogP) is 1.81. The van der Waals surface area contributed by atoms with Gasteiger partial charge in [0.1, 0.15) is 0 Å². The minimum Gasteiger partial charge on any atom is -0.355 e. The second-order valence-corrected chi connectivity index (χ2v) is 4.79. The van der Waals surface area contributed by atoms with Crippen LogP contribution in [0.5, 0.6) is 0 Å². The first-order valence-corrected chi connectivity index (χ1v) is 6.19. The largest absolute Gasteiger partial charge is 0.355 e. The van der Waals surface area contributed by atoms with Crippen LogP contribution in [0.15, 0.2) is 0 Å². The molecule has 1 amide bonds. The maximum absolute atomic E-state index is 11.4. The molecule has 1 fully saturated rings. The molecule has 0 bridgehead atoms. The van der Waals surface area contributed by atoms with Crippen molar-refractivity contribution in [1.29, 1.82) is 0 Å². The van der Waals surface area contributed by atoms with E-state index in [9.17, 15) is 4.79 Å². The highest BCUT2D eigenvalue weighted by Crippen LogP contribution is 2.34. The summed E-state index contributed by atoms with van der Waals surface area (Å²) in [6, 6.07) is 0. The normalized spacial score (nSPS) is 19.9. The van der Waals surface area contributed by atoms with Crippen LogP contribution in [0.4, 0.5) is 0 Å². The van der Waals surface area contributed by atoms with Gasteiger partial charge in [-0.05, 0) is 31.2 Å². The molecule has 0 heterocycles. The van der Waals surface area contributed by atoms with Gasteiger partial charge in [-0.2, -0.15) is 0 Å². The lowest BCUT2D eigenvalue weighted by Gasteiger charge is -2.36. The summed E-state index contributed by atoms with van der Waals surface area (Å²) < 4.78 is 0. The van der Waals surface area contributed by atoms with Gasteiger partial charge in [-0.15, -0.1) is 0 Å². The zero-order valence-electron chi connectivity index (χ0n) is 9.85. The van der Waals surface area contributed by atoms with E-state index in [-0.39, 0.29) is 11.3 Å². The van der Waals surface area contributed by atoms with Crippen molar-refractivity contribution in [3.63, 3.8) is 0 Å². The topological polar surface area (TPSA) is 55.1 Å². The summed E-state index contributed by atoms with van der Waals surface area (Å²) in [5.41, 5.74) is 6.04. The van der Waals surface area contributed by atoms with Gasteiger partial charge in [0.2, 0.25) is 5.91 Å². The number of hydrogen-bond donors (Lipinski definition) is 2. The molecule has 0 saturated heterocycles. The molecule has 3 heteroatoms. The van der Waals surface area contributed by atoms with Crippen molar-refractivity contribution in [3.05, 3.63) is 0 Å². The molecule has 0 spiro atoms. The summed E-state index contributed by atoms with van der Waals surface area (Å²) in [6.07, 6.45) is 7.76. The van der Waals surface area contributed by atoms with Crippen molar-refractivity contribution in [1.82, 2.24) is 5.32 Å². The third kappa shape index (κ3) is 3.82. The van der Waals surface area contributed by atoms with E-state index < -0.39 is 0 Å². The van der Waals surface area contributed by atoms with E-state index >= 15 is 0 Å². The molecule has 0 aromatic carbocycles. The Balaban J connectivity index is 2.35. The van der Waals surface area contributed by atoms with Crippen LogP contribution < -0.4 is 11.1 Å². The summed E-state index contributed by atoms with van der Waals surface area (Å²) in [7, 11) is 0. The number of hydrogen-bond acceptors (Lipinski definition) is 2. The third-order valence-electron chi connectivity index (χ3n) is 3.48. The van der Waals surface area contributed by atoms with E-state index in [1.54, 1.807) is 0 Å². The van der Waals surface area contributed by atoms with Crippen molar-refractivity contribution in [3.8, 4) is 0 Å². The van der Waals surface area contributed by atoms with Gasteiger partial charge in [-0.25, -0.2) is 0 Å². The minimum atomic E-state index is 0.177. The van der Waals surface area contributed by atoms with Gasteiger partial charge in [0.15, 0.2) is 0 Å². The van der Waals surface area contributed by atoms with Crippen molar-refractivity contribution in [2.45, 2.75) is 51.9 Å². The van der Waals surface area contributed by atoms with E-state index in [4.69, 9.17) is 5.73 Å². The maximum atomic E-state index is 11.4. The van der Waals surface area contributed by atoms with Gasteiger partial charge < -0.3 is 11.1 Å². The number of nitrogens with two attached hydrogens (primary N) is 1. The maximum Gasteiger partial charge on any atom is 0.220 e. The lowest BCUT2D eigenvalue weighted by molar-refractivity contribution is -0.121. The number of carbonyl (C=O) groups excluding carboxylic acids is 1. The summed E-state index contributed by atoms with van der Waals surface area (Å²) >= 11 is 0. The Kier molecular flexibility index (Phi) is 5.09. The van der Waals surface area contributed by atoms with Crippen molar-refractivity contribution in [2.24, 2.45) is 11.1 Å². The Bertz CT molecular complexity index is 198. The fraction of sp³-hybridized carbons (Fsp3) is 0.917. The van der Waals surface area contributed by atoms with Crippen LogP contribution in [0.3, 0.4) is 0 Å². The molecule has 0 aromatic heterocycles. The number of carbonyl (C=O) groups is 1. The molecule has 0 radical (unpaired) electrons. The number of rotatable bonds is 5. The predicted molar refractivity (Wildman–Crippen MR) is 62.5 cm³/mol. The second-order valence-electron chi connectivity index (χ2n) is 4.79. The molecule has 0 aromatic rings. The Hall–Kier alpha value is -0.570. The Morgan fingerprint density at radius 1 is 1.33 bits per heavy atom. The average molecular weight is 212 g/mol. The monoisotopic (exact) mass is 212 g/mol. The summed E-state index contributed by atoms with van der Waals surface area (Å²) in [5.74, 6) is 0.177. The molecular formula is C12H24N2O. The number of nitrogens with one attached hydrogen (secondary N) is 1. The van der Waals surface area contributed by atoms with Crippen molar-refractivity contribution in [2.75, 3.05) is 13.1 Å². The van der Waals surface area contributed by atoms with Gasteiger partial charge in [-0.3, -0.25) is 4.79 Å². The molecule has 1 aliphatic carbocycles. The van der Waals surface area contributed by atoms with E-state index in [1.165, 1.54) is 32.1 Å². The molecule has 0 atom stereocenters. The Labute approximate surface area is 92.8 Å². The first-order valence-electron chi connectivity index (χ1n) is 6.19. The van der Waals surface area contributed by atoms with Gasteiger partial charge in [0.25, 0.3) is 0 Å². The minimum absolute atomic E-state index is 0.177. The van der Waals surface area contributed by atoms with Crippen LogP contribution in [0.25, 0.3) is 0 Å². The van der Waals surface area contributed by atoms with Crippen LogP contribution >= 0.6 is 0 Å². The molecule has 88 valence electrons. The lowest BCUT2D eigenvalue weighted by Crippen LogP contribution is -2.43. The zero-order valence-corrected chi connectivity index (χ0v) is 9.85. The molecule has 1 saturated carbocycles. The Morgan fingerprint density at radius 2 is 2.00 bits per heavy atom. The van der Waals surface area contributed by atoms with Gasteiger partial charge in [0, 0.05) is 13.0 Å². The molecule has 3 nitrogen and oxygen atoms in total. The van der Waals surface area contributed by atoms with Crippen LogP contribution in [0, 0.1) is 5.41 Å². The standard InChI is InChI=1S/C12H24N2O/c1-2-6-11(15)14-10-12(9-13)7-4-3-5-8-12/h2-10,13H2,1H3,(H,14,15). The first-order chi connectivity index (χ1) is 7.22. The van der Waals surface area contributed by atoms with Gasteiger partial charge >= 0.3 is 0 Å². The second kappa shape index (κ2) is 6.11. The third-order valence-corrected chi connectivity index (χ3v) is 3.48. The summed E-state index contributed by atoms with van der Waals surface area (Å²) in [5, 5.41) is 3.03. The highest BCUT2D eigenvalue weighted by Gasteiger charge is 2.30. The number of amides is 1. The Morgan fingerprint density at radius 3 is 2.53 bits per heavy atom. The molecule has 3 N–H and O–H groups in total. The highest BCUT2D eigenvalue weighted by molar-refractivity contribution is 5.75. The van der Waals surface area contributed by atoms with Crippen LogP contribution in [-0.4, -0.2) is 19.0 Å². The molecular weight excluding hydrogens is 188 g/mol. The molecule has 15 heavy (non-hydrogen) atoms. The SMILES string of the molecule is CCCC(=O)NCC1(CN)CCCCC1. The fourth-order valence-corrected chi connectivity index (χ4v) is 2.36. The van der Waals surface area contributed by atoms with Crippen LogP contribution in [0.2, 0.25) is 0 Å². The summed E-state index contributed by atoms with van der Waals surface area (Å²) in [6.45, 7) is 3.51. The van der Waals surface area contributed by atoms with Crippen molar-refractivity contribution < 1.29 is 4.79 Å². The van der Waals surface area contributed by atoms with Crippen LogP contribution in [-0.2, 0) is 4.79 Å². The van der Waals surface area contributed by atoms with E-state index in [2.05, 4.69) is 5.32 Å². The van der Waals surface area contributed by atoms with E-state index in [1.807, 2.05) is 6.92 Å². The van der Waals surface area contributed by atoms with E-state index in [0.29, 0.717) is 13.0 Å². The first kappa shape index (κ1) is 12.5. The van der Waals surface area contributed by atoms with E-state index in [0.717, 1.165) is 13.0 Å². The average Bonchev–Trinajstić information content (AvgIpc) is 2.28. The molecule has 0 aliphatic heterocycles. The fourth-order valence-electron chi connectivity index (χ4n) is 2.36. The molecule has 0 unspecified atom stereocenters. The lowest BCUT2D eigenvalue weighted by atomic mass is 9.74. The highest BCUT2D eigenvalue weighted by atomic mass is 16.1.